The molecular weight excluding hydrogens is 356 g/mol. The van der Waals surface area contributed by atoms with Crippen molar-refractivity contribution in [3.05, 3.63) is 54.1 Å². The van der Waals surface area contributed by atoms with Gasteiger partial charge in [-0.3, -0.25) is 9.69 Å². The number of hydrogen-bond donors (Lipinski definition) is 1. The maximum Gasteiger partial charge on any atom is 0.234 e. The molecule has 1 N–H and O–H groups in total. The van der Waals surface area contributed by atoms with Crippen molar-refractivity contribution in [1.82, 2.24) is 10.2 Å². The smallest absolute Gasteiger partial charge is 0.234 e. The fraction of sp³-hybridized carbons (Fsp3) is 0.409. The number of fused-ring (bicyclic) bond motifs is 2. The average molecular weight is 382 g/mol. The first-order chi connectivity index (χ1) is 13.7. The van der Waals surface area contributed by atoms with Gasteiger partial charge in [0.25, 0.3) is 0 Å². The van der Waals surface area contributed by atoms with Gasteiger partial charge >= 0.3 is 0 Å². The van der Waals surface area contributed by atoms with E-state index in [9.17, 15) is 4.79 Å². The van der Waals surface area contributed by atoms with Gasteiger partial charge in [-0.15, -0.1) is 0 Å². The molecule has 2 aliphatic heterocycles. The second kappa shape index (κ2) is 8.52. The van der Waals surface area contributed by atoms with Gasteiger partial charge in [-0.05, 0) is 24.7 Å². The van der Waals surface area contributed by atoms with Crippen LogP contribution < -0.4 is 19.5 Å². The number of amides is 1. The monoisotopic (exact) mass is 382 g/mol. The van der Waals surface area contributed by atoms with Crippen LogP contribution in [0.15, 0.2) is 48.5 Å². The number of benzene rings is 2. The highest BCUT2D eigenvalue weighted by molar-refractivity contribution is 5.78. The van der Waals surface area contributed by atoms with Crippen LogP contribution in [0.3, 0.4) is 0 Å². The number of rotatable bonds is 6. The zero-order valence-corrected chi connectivity index (χ0v) is 16.1. The molecule has 0 spiro atoms. The van der Waals surface area contributed by atoms with Gasteiger partial charge in [-0.2, -0.15) is 0 Å². The molecule has 28 heavy (non-hydrogen) atoms. The Hall–Kier alpha value is -2.73. The minimum atomic E-state index is -0.0912. The Labute approximate surface area is 165 Å². The second-order valence-corrected chi connectivity index (χ2v) is 7.12. The molecule has 2 heterocycles. The Morgan fingerprint density at radius 2 is 1.82 bits per heavy atom. The van der Waals surface area contributed by atoms with E-state index in [4.69, 9.17) is 14.2 Å². The van der Waals surface area contributed by atoms with Crippen LogP contribution in [0.25, 0.3) is 0 Å². The molecule has 2 aromatic rings. The van der Waals surface area contributed by atoms with Gasteiger partial charge < -0.3 is 19.5 Å². The number of carbonyl (C=O) groups excluding carboxylic acids is 1. The zero-order chi connectivity index (χ0) is 19.3. The molecule has 0 aliphatic carbocycles. The summed E-state index contributed by atoms with van der Waals surface area (Å²) >= 11 is 0. The van der Waals surface area contributed by atoms with Crippen LogP contribution in [-0.2, 0) is 4.79 Å². The minimum absolute atomic E-state index is 0.00250. The van der Waals surface area contributed by atoms with E-state index >= 15 is 0 Å². The van der Waals surface area contributed by atoms with Gasteiger partial charge in [0.2, 0.25) is 5.91 Å². The van der Waals surface area contributed by atoms with Gasteiger partial charge in [0.05, 0.1) is 19.2 Å². The van der Waals surface area contributed by atoms with Crippen molar-refractivity contribution in [1.29, 1.82) is 0 Å². The van der Waals surface area contributed by atoms with Crippen molar-refractivity contribution in [3.8, 4) is 17.2 Å². The lowest BCUT2D eigenvalue weighted by Gasteiger charge is -2.31. The molecule has 6 heteroatoms. The van der Waals surface area contributed by atoms with Crippen molar-refractivity contribution in [2.75, 3.05) is 32.8 Å². The molecule has 2 aliphatic rings. The quantitative estimate of drug-likeness (QED) is 0.833. The first kappa shape index (κ1) is 18.6. The molecule has 0 fully saturated rings. The predicted octanol–water partition coefficient (Wildman–Crippen LogP) is 2.79. The van der Waals surface area contributed by atoms with E-state index in [2.05, 4.69) is 17.1 Å². The van der Waals surface area contributed by atoms with Crippen molar-refractivity contribution in [2.24, 2.45) is 0 Å². The normalized spacial score (nSPS) is 20.2. The van der Waals surface area contributed by atoms with Crippen LogP contribution in [0, 0.1) is 0 Å². The summed E-state index contributed by atoms with van der Waals surface area (Å²) in [5.41, 5.74) is 1.05. The highest BCUT2D eigenvalue weighted by Gasteiger charge is 2.26. The van der Waals surface area contributed by atoms with Crippen LogP contribution in [0.2, 0.25) is 0 Å². The average Bonchev–Trinajstić information content (AvgIpc) is 2.73. The Morgan fingerprint density at radius 1 is 1.07 bits per heavy atom. The Morgan fingerprint density at radius 3 is 2.64 bits per heavy atom. The third-order valence-electron chi connectivity index (χ3n) is 5.14. The van der Waals surface area contributed by atoms with Crippen LogP contribution >= 0.6 is 0 Å². The molecule has 4 rings (SSSR count). The summed E-state index contributed by atoms with van der Waals surface area (Å²) in [6.07, 6.45) is 0.692. The first-order valence-corrected chi connectivity index (χ1v) is 9.85. The number of ether oxygens (including phenoxy) is 3. The molecule has 0 aromatic heterocycles. The summed E-state index contributed by atoms with van der Waals surface area (Å²) in [5.74, 6) is 2.41. The Bertz CT molecular complexity index is 826. The molecular formula is C22H26N2O4. The lowest BCUT2D eigenvalue weighted by Crippen LogP contribution is -2.45. The summed E-state index contributed by atoms with van der Waals surface area (Å²) in [7, 11) is 0. The van der Waals surface area contributed by atoms with Crippen molar-refractivity contribution >= 4 is 5.91 Å². The highest BCUT2D eigenvalue weighted by atomic mass is 16.6. The number of nitrogens with zero attached hydrogens (tertiary/aromatic N) is 1. The Balaban J connectivity index is 1.32. The molecule has 0 radical (unpaired) electrons. The van der Waals surface area contributed by atoms with E-state index in [0.717, 1.165) is 35.8 Å². The number of likely N-dealkylation sites (N-methyl/N-ethyl adjacent to an activating group) is 1. The van der Waals surface area contributed by atoms with E-state index in [0.29, 0.717) is 26.3 Å². The fourth-order valence-electron chi connectivity index (χ4n) is 3.68. The van der Waals surface area contributed by atoms with E-state index in [-0.39, 0.29) is 18.1 Å². The van der Waals surface area contributed by atoms with Gasteiger partial charge in [0, 0.05) is 18.5 Å². The van der Waals surface area contributed by atoms with E-state index < -0.39 is 0 Å². The van der Waals surface area contributed by atoms with E-state index in [1.165, 1.54) is 0 Å². The summed E-state index contributed by atoms with van der Waals surface area (Å²) in [4.78, 5) is 14.8. The molecule has 2 atom stereocenters. The van der Waals surface area contributed by atoms with Crippen molar-refractivity contribution in [2.45, 2.75) is 25.5 Å². The second-order valence-electron chi connectivity index (χ2n) is 7.12. The maximum absolute atomic E-state index is 12.7. The van der Waals surface area contributed by atoms with Crippen LogP contribution in [0.5, 0.6) is 17.2 Å². The third kappa shape index (κ3) is 4.22. The molecule has 148 valence electrons. The van der Waals surface area contributed by atoms with Gasteiger partial charge in [-0.1, -0.05) is 37.3 Å². The summed E-state index contributed by atoms with van der Waals surface area (Å²) in [5, 5.41) is 3.16. The number of nitrogens with one attached hydrogen (secondary N) is 1. The SMILES string of the molecule is CCN(CC(=O)NC1CCOc2ccccc21)CC1COc2ccccc2O1. The van der Waals surface area contributed by atoms with Gasteiger partial charge in [0.15, 0.2) is 11.5 Å². The van der Waals surface area contributed by atoms with Gasteiger partial charge in [0.1, 0.15) is 18.5 Å². The van der Waals surface area contributed by atoms with Crippen molar-refractivity contribution in [3.63, 3.8) is 0 Å². The zero-order valence-electron chi connectivity index (χ0n) is 16.1. The summed E-state index contributed by atoms with van der Waals surface area (Å²) in [6.45, 7) is 4.89. The number of para-hydroxylation sites is 3. The number of hydrogen-bond acceptors (Lipinski definition) is 5. The molecule has 0 saturated carbocycles. The lowest BCUT2D eigenvalue weighted by atomic mass is 10.0. The van der Waals surface area contributed by atoms with E-state index in [1.54, 1.807) is 0 Å². The molecule has 2 unspecified atom stereocenters. The fourth-order valence-corrected chi connectivity index (χ4v) is 3.68. The maximum atomic E-state index is 12.7. The third-order valence-corrected chi connectivity index (χ3v) is 5.14. The van der Waals surface area contributed by atoms with E-state index in [1.807, 2.05) is 48.5 Å². The Kier molecular flexibility index (Phi) is 5.67. The van der Waals surface area contributed by atoms with Gasteiger partial charge in [-0.25, -0.2) is 0 Å². The number of carbonyl (C=O) groups is 1. The molecule has 2 aromatic carbocycles. The summed E-state index contributed by atoms with van der Waals surface area (Å²) in [6, 6.07) is 15.6. The lowest BCUT2D eigenvalue weighted by molar-refractivity contribution is -0.123. The standard InChI is InChI=1S/C22H26N2O4/c1-2-24(13-16-15-27-20-9-5-6-10-21(20)28-16)14-22(25)23-18-11-12-26-19-8-4-3-7-17(18)19/h3-10,16,18H,2,11-15H2,1H3,(H,23,25). The summed E-state index contributed by atoms with van der Waals surface area (Å²) < 4.78 is 17.5. The molecule has 0 bridgehead atoms. The van der Waals surface area contributed by atoms with Crippen LogP contribution in [0.1, 0.15) is 24.9 Å². The topological polar surface area (TPSA) is 60.0 Å². The largest absolute Gasteiger partial charge is 0.493 e. The highest BCUT2D eigenvalue weighted by Crippen LogP contribution is 2.32. The first-order valence-electron chi connectivity index (χ1n) is 9.85. The van der Waals surface area contributed by atoms with Crippen molar-refractivity contribution < 1.29 is 19.0 Å². The molecule has 6 nitrogen and oxygen atoms in total. The molecule has 0 saturated heterocycles. The minimum Gasteiger partial charge on any atom is -0.493 e. The van der Waals surface area contributed by atoms with Crippen LogP contribution in [0.4, 0.5) is 0 Å². The van der Waals surface area contributed by atoms with Crippen LogP contribution in [-0.4, -0.2) is 49.8 Å². The predicted molar refractivity (Wildman–Crippen MR) is 106 cm³/mol. The molecule has 1 amide bonds.